The summed E-state index contributed by atoms with van der Waals surface area (Å²) < 4.78 is 12.7. The van der Waals surface area contributed by atoms with Crippen LogP contribution in [-0.4, -0.2) is 30.3 Å². The normalized spacial score (nSPS) is 30.0. The number of benzene rings is 1. The van der Waals surface area contributed by atoms with Gasteiger partial charge in [0, 0.05) is 16.9 Å². The molecular weight excluding hydrogens is 313 g/mol. The second kappa shape index (κ2) is 6.44. The number of carbonyl (C=O) groups excluding carboxylic acids is 1. The molecule has 1 aliphatic carbocycles. The zero-order valence-corrected chi connectivity index (χ0v) is 16.1. The Morgan fingerprint density at radius 3 is 2.24 bits per heavy atom. The van der Waals surface area contributed by atoms with Crippen LogP contribution in [0.4, 0.5) is 0 Å². The predicted octanol–water partition coefficient (Wildman–Crippen LogP) is 4.21. The summed E-state index contributed by atoms with van der Waals surface area (Å²) in [6.07, 6.45) is 4.03. The number of carbonyl (C=O) groups is 1. The van der Waals surface area contributed by atoms with Crippen LogP contribution in [0.2, 0.25) is 5.31 Å². The van der Waals surface area contributed by atoms with Gasteiger partial charge in [0.1, 0.15) is 0 Å². The van der Waals surface area contributed by atoms with Crippen molar-refractivity contribution in [3.05, 3.63) is 35.9 Å². The quantitative estimate of drug-likeness (QED) is 0.815. The summed E-state index contributed by atoms with van der Waals surface area (Å²) in [6.45, 7) is 10.5. The monoisotopic (exact) mass is 343 g/mol. The van der Waals surface area contributed by atoms with E-state index in [0.29, 0.717) is 5.56 Å². The SMILES string of the molecule is CCC[C@@]1(B2OC(C)(C)C(C)(C)O2)CC[C@@H]1NC(=O)c1ccccc1. The molecule has 1 amide bonds. The Balaban J connectivity index is 1.78. The fourth-order valence-electron chi connectivity index (χ4n) is 3.95. The van der Waals surface area contributed by atoms with Crippen molar-refractivity contribution >= 4 is 13.0 Å². The third-order valence-electron chi connectivity index (χ3n) is 6.37. The topological polar surface area (TPSA) is 47.6 Å². The Labute approximate surface area is 151 Å². The van der Waals surface area contributed by atoms with E-state index in [9.17, 15) is 4.79 Å². The van der Waals surface area contributed by atoms with Gasteiger partial charge in [0.2, 0.25) is 0 Å². The number of hydrogen-bond donors (Lipinski definition) is 1. The van der Waals surface area contributed by atoms with Crippen molar-refractivity contribution in [2.45, 2.75) is 82.9 Å². The maximum Gasteiger partial charge on any atom is 0.466 e. The molecule has 1 saturated heterocycles. The summed E-state index contributed by atoms with van der Waals surface area (Å²) >= 11 is 0. The lowest BCUT2D eigenvalue weighted by molar-refractivity contribution is 0.00578. The van der Waals surface area contributed by atoms with Crippen molar-refractivity contribution in [3.63, 3.8) is 0 Å². The summed E-state index contributed by atoms with van der Waals surface area (Å²) in [5.74, 6) is -0.0118. The molecule has 2 fully saturated rings. The van der Waals surface area contributed by atoms with E-state index in [2.05, 4.69) is 39.9 Å². The Kier molecular flexibility index (Phi) is 4.76. The number of hydrogen-bond acceptors (Lipinski definition) is 3. The van der Waals surface area contributed by atoms with Crippen molar-refractivity contribution in [1.82, 2.24) is 5.32 Å². The smallest absolute Gasteiger partial charge is 0.403 e. The average molecular weight is 343 g/mol. The van der Waals surface area contributed by atoms with Crippen LogP contribution in [0.1, 0.15) is 70.7 Å². The first-order valence-electron chi connectivity index (χ1n) is 9.43. The predicted molar refractivity (Wildman–Crippen MR) is 101 cm³/mol. The highest BCUT2D eigenvalue weighted by Crippen LogP contribution is 2.58. The molecule has 25 heavy (non-hydrogen) atoms. The Hall–Kier alpha value is -1.33. The molecular formula is C20H30BNO3. The van der Waals surface area contributed by atoms with Crippen LogP contribution in [0.3, 0.4) is 0 Å². The molecule has 1 N–H and O–H groups in total. The molecule has 1 aromatic carbocycles. The van der Waals surface area contributed by atoms with Crippen molar-refractivity contribution in [2.75, 3.05) is 0 Å². The van der Waals surface area contributed by atoms with Crippen LogP contribution in [-0.2, 0) is 9.31 Å². The van der Waals surface area contributed by atoms with Gasteiger partial charge in [0.05, 0.1) is 11.2 Å². The first-order chi connectivity index (χ1) is 11.7. The van der Waals surface area contributed by atoms with Gasteiger partial charge < -0.3 is 14.6 Å². The van der Waals surface area contributed by atoms with Crippen molar-refractivity contribution in [3.8, 4) is 0 Å². The molecule has 3 rings (SSSR count). The first-order valence-corrected chi connectivity index (χ1v) is 9.43. The maximum atomic E-state index is 12.6. The highest BCUT2D eigenvalue weighted by Gasteiger charge is 2.64. The molecule has 1 heterocycles. The van der Waals surface area contributed by atoms with Gasteiger partial charge in [-0.25, -0.2) is 0 Å². The second-order valence-corrected chi connectivity index (χ2v) is 8.50. The third-order valence-corrected chi connectivity index (χ3v) is 6.37. The Morgan fingerprint density at radius 1 is 1.16 bits per heavy atom. The van der Waals surface area contributed by atoms with E-state index in [1.807, 2.05) is 30.3 Å². The minimum atomic E-state index is -0.345. The van der Waals surface area contributed by atoms with Crippen LogP contribution in [0.25, 0.3) is 0 Å². The summed E-state index contributed by atoms with van der Waals surface area (Å²) in [7, 11) is -0.271. The highest BCUT2D eigenvalue weighted by molar-refractivity contribution is 6.50. The average Bonchev–Trinajstić information content (AvgIpc) is 2.77. The lowest BCUT2D eigenvalue weighted by atomic mass is 9.42. The Morgan fingerprint density at radius 2 is 1.76 bits per heavy atom. The van der Waals surface area contributed by atoms with Crippen LogP contribution in [0.5, 0.6) is 0 Å². The van der Waals surface area contributed by atoms with Gasteiger partial charge in [0.25, 0.3) is 5.91 Å². The third kappa shape index (κ3) is 3.13. The molecule has 0 spiro atoms. The van der Waals surface area contributed by atoms with E-state index in [1.165, 1.54) is 0 Å². The van der Waals surface area contributed by atoms with Gasteiger partial charge >= 0.3 is 7.12 Å². The molecule has 1 aromatic rings. The molecule has 2 atom stereocenters. The van der Waals surface area contributed by atoms with Crippen molar-refractivity contribution in [1.29, 1.82) is 0 Å². The summed E-state index contributed by atoms with van der Waals surface area (Å²) in [4.78, 5) is 12.6. The minimum Gasteiger partial charge on any atom is -0.403 e. The first kappa shape index (κ1) is 18.5. The van der Waals surface area contributed by atoms with Crippen LogP contribution < -0.4 is 5.32 Å². The van der Waals surface area contributed by atoms with Gasteiger partial charge in [-0.3, -0.25) is 4.79 Å². The molecule has 1 aliphatic heterocycles. The van der Waals surface area contributed by atoms with Crippen molar-refractivity contribution in [2.24, 2.45) is 0 Å². The van der Waals surface area contributed by atoms with E-state index in [4.69, 9.17) is 9.31 Å². The summed E-state index contributed by atoms with van der Waals surface area (Å²) in [6, 6.07) is 9.50. The molecule has 2 aliphatic rings. The summed E-state index contributed by atoms with van der Waals surface area (Å²) in [5, 5.41) is 3.11. The van der Waals surface area contributed by atoms with Crippen molar-refractivity contribution < 1.29 is 14.1 Å². The number of rotatable bonds is 5. The molecule has 5 heteroatoms. The van der Waals surface area contributed by atoms with Crippen LogP contribution in [0.15, 0.2) is 30.3 Å². The lowest BCUT2D eigenvalue weighted by Gasteiger charge is -2.50. The van der Waals surface area contributed by atoms with Gasteiger partial charge in [-0.2, -0.15) is 0 Å². The van der Waals surface area contributed by atoms with E-state index in [-0.39, 0.29) is 35.6 Å². The highest BCUT2D eigenvalue weighted by atomic mass is 16.7. The van der Waals surface area contributed by atoms with E-state index in [0.717, 1.165) is 25.7 Å². The minimum absolute atomic E-state index is 0.0118. The fourth-order valence-corrected chi connectivity index (χ4v) is 3.95. The van der Waals surface area contributed by atoms with Gasteiger partial charge in [-0.1, -0.05) is 31.5 Å². The molecule has 0 aromatic heterocycles. The molecule has 136 valence electrons. The molecule has 1 saturated carbocycles. The van der Waals surface area contributed by atoms with Crippen LogP contribution >= 0.6 is 0 Å². The second-order valence-electron chi connectivity index (χ2n) is 8.50. The van der Waals surface area contributed by atoms with Gasteiger partial charge in [0.15, 0.2) is 0 Å². The number of amides is 1. The van der Waals surface area contributed by atoms with Gasteiger partial charge in [-0.15, -0.1) is 0 Å². The summed E-state index contributed by atoms with van der Waals surface area (Å²) in [5.41, 5.74) is 0.0120. The molecule has 0 bridgehead atoms. The van der Waals surface area contributed by atoms with E-state index in [1.54, 1.807) is 0 Å². The molecule has 4 nitrogen and oxygen atoms in total. The lowest BCUT2D eigenvalue weighted by Crippen LogP contribution is -2.58. The largest absolute Gasteiger partial charge is 0.466 e. The molecule has 0 unspecified atom stereocenters. The van der Waals surface area contributed by atoms with E-state index >= 15 is 0 Å². The maximum absolute atomic E-state index is 12.6. The van der Waals surface area contributed by atoms with E-state index < -0.39 is 0 Å². The zero-order valence-electron chi connectivity index (χ0n) is 16.1. The molecule has 0 radical (unpaired) electrons. The fraction of sp³-hybridized carbons (Fsp3) is 0.650. The standard InChI is InChI=1S/C20H30BNO3/c1-6-13-20(21-24-18(2,3)19(4,5)25-21)14-12-16(20)22-17(23)15-10-8-7-9-11-15/h7-11,16H,6,12-14H2,1-5H3,(H,22,23)/t16-,20+/m0/s1. The Bertz CT molecular complexity index is 615. The zero-order chi connectivity index (χ0) is 18.3. The number of nitrogens with one attached hydrogen (secondary N) is 1. The van der Waals surface area contributed by atoms with Crippen LogP contribution in [0, 0.1) is 0 Å². The van der Waals surface area contributed by atoms with Gasteiger partial charge in [-0.05, 0) is 59.1 Å².